The smallest absolute Gasteiger partial charge is 0.197 e. The Bertz CT molecular complexity index is 691. The average molecular weight is 296 g/mol. The van der Waals surface area contributed by atoms with Crippen molar-refractivity contribution in [2.75, 3.05) is 0 Å². The molecule has 3 rings (SSSR count). The van der Waals surface area contributed by atoms with Crippen LogP contribution in [0.1, 0.15) is 59.3 Å². The van der Waals surface area contributed by atoms with Crippen LogP contribution in [0.2, 0.25) is 0 Å². The van der Waals surface area contributed by atoms with Gasteiger partial charge in [-0.2, -0.15) is 0 Å². The van der Waals surface area contributed by atoms with E-state index in [1.807, 2.05) is 36.4 Å². The van der Waals surface area contributed by atoms with Crippen molar-refractivity contribution >= 4 is 5.78 Å². The Kier molecular flexibility index (Phi) is 4.25. The number of carbonyl (C=O) groups excluding carboxylic acids is 1. The van der Waals surface area contributed by atoms with Crippen molar-refractivity contribution in [2.45, 2.75) is 38.9 Å². The third kappa shape index (κ3) is 2.64. The zero-order valence-electron chi connectivity index (χ0n) is 12.7. The molecule has 0 amide bonds. The van der Waals surface area contributed by atoms with E-state index in [0.717, 1.165) is 18.4 Å². The van der Waals surface area contributed by atoms with Gasteiger partial charge in [0.05, 0.1) is 11.7 Å². The van der Waals surface area contributed by atoms with Crippen LogP contribution in [0.5, 0.6) is 5.75 Å². The fourth-order valence-electron chi connectivity index (χ4n) is 2.90. The Balaban J connectivity index is 2.07. The van der Waals surface area contributed by atoms with Crippen molar-refractivity contribution in [1.82, 2.24) is 0 Å². The van der Waals surface area contributed by atoms with Crippen LogP contribution in [-0.2, 0) is 6.61 Å². The standard InChI is InChI=1S/C19H20O3/c1-2-3-10-16(20)15-9-6-11-17-18(15)19(21)14-8-5-4-7-13(14)12-22-17/h4-9,11,16,20H,2-3,10,12H2,1H3. The number of aliphatic hydroxyl groups is 1. The van der Waals surface area contributed by atoms with Crippen LogP contribution in [-0.4, -0.2) is 10.9 Å². The highest BCUT2D eigenvalue weighted by molar-refractivity contribution is 6.13. The Morgan fingerprint density at radius 3 is 2.82 bits per heavy atom. The topological polar surface area (TPSA) is 46.5 Å². The van der Waals surface area contributed by atoms with Crippen molar-refractivity contribution in [3.8, 4) is 5.75 Å². The van der Waals surface area contributed by atoms with Crippen LogP contribution in [0.3, 0.4) is 0 Å². The number of ketones is 1. The molecule has 114 valence electrons. The van der Waals surface area contributed by atoms with E-state index >= 15 is 0 Å². The number of unbranched alkanes of at least 4 members (excludes halogenated alkanes) is 1. The highest BCUT2D eigenvalue weighted by Gasteiger charge is 2.26. The van der Waals surface area contributed by atoms with Crippen LogP contribution in [0.25, 0.3) is 0 Å². The van der Waals surface area contributed by atoms with Gasteiger partial charge < -0.3 is 9.84 Å². The molecule has 0 radical (unpaired) electrons. The zero-order chi connectivity index (χ0) is 15.5. The predicted octanol–water partition coefficient (Wildman–Crippen LogP) is 4.03. The first kappa shape index (κ1) is 14.8. The molecule has 3 heteroatoms. The molecule has 22 heavy (non-hydrogen) atoms. The minimum Gasteiger partial charge on any atom is -0.488 e. The second-order valence-corrected chi connectivity index (χ2v) is 5.65. The second-order valence-electron chi connectivity index (χ2n) is 5.65. The molecule has 2 aromatic carbocycles. The SMILES string of the molecule is CCCCC(O)c1cccc2c1C(=O)c1ccccc1CO2. The van der Waals surface area contributed by atoms with Crippen LogP contribution in [0.15, 0.2) is 42.5 Å². The van der Waals surface area contributed by atoms with Gasteiger partial charge >= 0.3 is 0 Å². The Labute approximate surface area is 130 Å². The summed E-state index contributed by atoms with van der Waals surface area (Å²) >= 11 is 0. The first-order chi connectivity index (χ1) is 10.7. The molecule has 0 aromatic heterocycles. The van der Waals surface area contributed by atoms with Crippen molar-refractivity contribution in [3.63, 3.8) is 0 Å². The normalized spacial score (nSPS) is 14.5. The molecule has 0 aliphatic carbocycles. The summed E-state index contributed by atoms with van der Waals surface area (Å²) in [5.41, 5.74) is 2.73. The monoisotopic (exact) mass is 296 g/mol. The fourth-order valence-corrected chi connectivity index (χ4v) is 2.90. The summed E-state index contributed by atoms with van der Waals surface area (Å²) in [7, 11) is 0. The highest BCUT2D eigenvalue weighted by Crippen LogP contribution is 2.34. The third-order valence-electron chi connectivity index (χ3n) is 4.12. The summed E-state index contributed by atoms with van der Waals surface area (Å²) in [5.74, 6) is 0.503. The van der Waals surface area contributed by atoms with Crippen LogP contribution < -0.4 is 4.74 Å². The molecule has 1 N–H and O–H groups in total. The summed E-state index contributed by atoms with van der Waals surface area (Å²) in [6, 6.07) is 13.0. The largest absolute Gasteiger partial charge is 0.488 e. The van der Waals surface area contributed by atoms with Gasteiger partial charge in [-0.05, 0) is 18.1 Å². The van der Waals surface area contributed by atoms with E-state index in [4.69, 9.17) is 4.74 Å². The Morgan fingerprint density at radius 1 is 1.18 bits per heavy atom. The van der Waals surface area contributed by atoms with Gasteiger partial charge in [0.15, 0.2) is 5.78 Å². The van der Waals surface area contributed by atoms with Gasteiger partial charge in [-0.3, -0.25) is 4.79 Å². The van der Waals surface area contributed by atoms with E-state index in [0.29, 0.717) is 35.5 Å². The molecule has 0 fully saturated rings. The maximum atomic E-state index is 12.9. The van der Waals surface area contributed by atoms with E-state index in [1.165, 1.54) is 0 Å². The minimum absolute atomic E-state index is 0.0609. The second kappa shape index (κ2) is 6.32. The van der Waals surface area contributed by atoms with Gasteiger partial charge in [-0.15, -0.1) is 0 Å². The molecule has 1 heterocycles. The van der Waals surface area contributed by atoms with Crippen LogP contribution in [0, 0.1) is 0 Å². The van der Waals surface area contributed by atoms with Gasteiger partial charge in [-0.25, -0.2) is 0 Å². The molecule has 3 nitrogen and oxygen atoms in total. The maximum Gasteiger partial charge on any atom is 0.197 e. The first-order valence-corrected chi connectivity index (χ1v) is 7.78. The third-order valence-corrected chi connectivity index (χ3v) is 4.12. The lowest BCUT2D eigenvalue weighted by atomic mass is 9.91. The van der Waals surface area contributed by atoms with Crippen LogP contribution >= 0.6 is 0 Å². The number of hydrogen-bond acceptors (Lipinski definition) is 3. The van der Waals surface area contributed by atoms with E-state index in [1.54, 1.807) is 6.07 Å². The molecule has 0 saturated heterocycles. The number of aliphatic hydroxyl groups excluding tert-OH is 1. The van der Waals surface area contributed by atoms with Crippen molar-refractivity contribution < 1.29 is 14.6 Å². The molecule has 1 aliphatic rings. The van der Waals surface area contributed by atoms with E-state index < -0.39 is 6.10 Å². The van der Waals surface area contributed by atoms with E-state index in [-0.39, 0.29) is 5.78 Å². The van der Waals surface area contributed by atoms with Crippen LogP contribution in [0.4, 0.5) is 0 Å². The fraction of sp³-hybridized carbons (Fsp3) is 0.316. The summed E-state index contributed by atoms with van der Waals surface area (Å²) < 4.78 is 5.81. The van der Waals surface area contributed by atoms with Crippen molar-refractivity contribution in [1.29, 1.82) is 0 Å². The molecule has 1 aliphatic heterocycles. The van der Waals surface area contributed by atoms with Crippen molar-refractivity contribution in [2.24, 2.45) is 0 Å². The summed E-state index contributed by atoms with van der Waals surface area (Å²) in [6.45, 7) is 2.46. The molecular formula is C19H20O3. The number of hydrogen-bond donors (Lipinski definition) is 1. The molecule has 2 aromatic rings. The van der Waals surface area contributed by atoms with E-state index in [9.17, 15) is 9.90 Å². The zero-order valence-corrected chi connectivity index (χ0v) is 12.7. The maximum absolute atomic E-state index is 12.9. The number of fused-ring (bicyclic) bond motifs is 2. The van der Waals surface area contributed by atoms with Gasteiger partial charge in [-0.1, -0.05) is 56.2 Å². The lowest BCUT2D eigenvalue weighted by Crippen LogP contribution is -2.09. The van der Waals surface area contributed by atoms with E-state index in [2.05, 4.69) is 6.92 Å². The lowest BCUT2D eigenvalue weighted by molar-refractivity contribution is 0.102. The molecule has 0 spiro atoms. The number of carbonyl (C=O) groups is 1. The number of rotatable bonds is 4. The first-order valence-electron chi connectivity index (χ1n) is 7.78. The average Bonchev–Trinajstić information content (AvgIpc) is 2.70. The minimum atomic E-state index is -0.632. The van der Waals surface area contributed by atoms with Gasteiger partial charge in [0.25, 0.3) is 0 Å². The Hall–Kier alpha value is -2.13. The highest BCUT2D eigenvalue weighted by atomic mass is 16.5. The van der Waals surface area contributed by atoms with Gasteiger partial charge in [0, 0.05) is 11.1 Å². The lowest BCUT2D eigenvalue weighted by Gasteiger charge is -2.16. The molecular weight excluding hydrogens is 276 g/mol. The molecule has 1 unspecified atom stereocenters. The van der Waals surface area contributed by atoms with Gasteiger partial charge in [0.2, 0.25) is 0 Å². The summed E-state index contributed by atoms with van der Waals surface area (Å²) in [5, 5.41) is 10.5. The predicted molar refractivity (Wildman–Crippen MR) is 85.1 cm³/mol. The number of ether oxygens (including phenoxy) is 1. The summed E-state index contributed by atoms with van der Waals surface area (Å²) in [6.07, 6.45) is 1.96. The quantitative estimate of drug-likeness (QED) is 0.926. The molecule has 0 saturated carbocycles. The van der Waals surface area contributed by atoms with Gasteiger partial charge in [0.1, 0.15) is 12.4 Å². The summed E-state index contributed by atoms with van der Waals surface area (Å²) in [4.78, 5) is 12.9. The Morgan fingerprint density at radius 2 is 2.00 bits per heavy atom. The molecule has 0 bridgehead atoms. The van der Waals surface area contributed by atoms with Crippen molar-refractivity contribution in [3.05, 3.63) is 64.7 Å². The molecule has 1 atom stereocenters. The number of benzene rings is 2.